The van der Waals surface area contributed by atoms with Gasteiger partial charge in [-0.1, -0.05) is 55.5 Å². The number of hydrogen-bond acceptors (Lipinski definition) is 4. The zero-order valence-electron chi connectivity index (χ0n) is 20.2. The van der Waals surface area contributed by atoms with Crippen LogP contribution in [0.2, 0.25) is 0 Å². The van der Waals surface area contributed by atoms with Gasteiger partial charge >= 0.3 is 12.1 Å². The molecule has 1 atom stereocenters. The van der Waals surface area contributed by atoms with Crippen LogP contribution in [0.4, 0.5) is 4.79 Å². The van der Waals surface area contributed by atoms with Gasteiger partial charge in [0.2, 0.25) is 5.91 Å². The van der Waals surface area contributed by atoms with Crippen LogP contribution in [0.5, 0.6) is 0 Å². The fourth-order valence-electron chi connectivity index (χ4n) is 5.21. The van der Waals surface area contributed by atoms with E-state index in [0.717, 1.165) is 12.8 Å². The van der Waals surface area contributed by atoms with Crippen molar-refractivity contribution in [1.29, 1.82) is 0 Å². The summed E-state index contributed by atoms with van der Waals surface area (Å²) in [4.78, 5) is 37.6. The Morgan fingerprint density at radius 2 is 1.63 bits per heavy atom. The molecule has 2 aliphatic rings. The molecule has 0 spiro atoms. The number of ether oxygens (including phenoxy) is 1. The molecule has 0 bridgehead atoms. The van der Waals surface area contributed by atoms with Gasteiger partial charge in [-0.05, 0) is 53.4 Å². The van der Waals surface area contributed by atoms with E-state index in [1.54, 1.807) is 0 Å². The van der Waals surface area contributed by atoms with Crippen molar-refractivity contribution >= 4 is 18.0 Å². The van der Waals surface area contributed by atoms with Crippen LogP contribution in [-0.2, 0) is 14.3 Å². The van der Waals surface area contributed by atoms with Gasteiger partial charge in [0.05, 0.1) is 0 Å². The van der Waals surface area contributed by atoms with E-state index in [4.69, 9.17) is 9.84 Å². The first-order valence-corrected chi connectivity index (χ1v) is 12.5. The third-order valence-corrected chi connectivity index (χ3v) is 7.20. The standard InChI is InChI=1S/C28H34N2O5/c1-19(16-26(31)30-14-12-20(13-15-30)10-11-27(32)33)17-29-28(34)35-18-25-23-8-4-2-6-21(23)22-7-3-5-9-24(22)25/h2-9,19-20,25H,10-18H2,1H3,(H,29,34)(H,32,33). The number of nitrogens with one attached hydrogen (secondary N) is 1. The summed E-state index contributed by atoms with van der Waals surface area (Å²) in [5.41, 5.74) is 4.73. The van der Waals surface area contributed by atoms with Crippen molar-refractivity contribution < 1.29 is 24.2 Å². The first-order chi connectivity index (χ1) is 16.9. The molecule has 4 rings (SSSR count). The van der Waals surface area contributed by atoms with E-state index in [0.29, 0.717) is 38.4 Å². The lowest BCUT2D eigenvalue weighted by Crippen LogP contribution is -2.40. The lowest BCUT2D eigenvalue weighted by Gasteiger charge is -2.32. The number of carboxylic acid groups (broad SMARTS) is 1. The molecule has 1 aliphatic heterocycles. The number of piperidine rings is 1. The Balaban J connectivity index is 1.19. The van der Waals surface area contributed by atoms with Crippen LogP contribution in [-0.4, -0.2) is 54.2 Å². The molecular weight excluding hydrogens is 444 g/mol. The fourth-order valence-corrected chi connectivity index (χ4v) is 5.21. The lowest BCUT2D eigenvalue weighted by molar-refractivity contribution is -0.138. The Morgan fingerprint density at radius 1 is 1.03 bits per heavy atom. The van der Waals surface area contributed by atoms with E-state index in [1.807, 2.05) is 36.1 Å². The van der Waals surface area contributed by atoms with Crippen LogP contribution in [0.25, 0.3) is 11.1 Å². The summed E-state index contributed by atoms with van der Waals surface area (Å²) in [5.74, 6) is -0.286. The third-order valence-electron chi connectivity index (χ3n) is 7.20. The predicted molar refractivity (Wildman–Crippen MR) is 133 cm³/mol. The van der Waals surface area contributed by atoms with E-state index >= 15 is 0 Å². The number of likely N-dealkylation sites (tertiary alicyclic amines) is 1. The number of fused-ring (bicyclic) bond motifs is 3. The molecule has 2 aromatic rings. The van der Waals surface area contributed by atoms with Gasteiger partial charge in [-0.25, -0.2) is 4.79 Å². The molecule has 2 aromatic carbocycles. The summed E-state index contributed by atoms with van der Waals surface area (Å²) in [5, 5.41) is 11.6. The molecule has 2 N–H and O–H groups in total. The maximum Gasteiger partial charge on any atom is 0.407 e. The van der Waals surface area contributed by atoms with Gasteiger partial charge in [-0.2, -0.15) is 0 Å². The van der Waals surface area contributed by atoms with Crippen LogP contribution in [0, 0.1) is 11.8 Å². The van der Waals surface area contributed by atoms with E-state index in [1.165, 1.54) is 22.3 Å². The van der Waals surface area contributed by atoms with Gasteiger partial charge in [0.1, 0.15) is 6.61 Å². The zero-order valence-corrected chi connectivity index (χ0v) is 20.2. The van der Waals surface area contributed by atoms with Crippen molar-refractivity contribution in [3.8, 4) is 11.1 Å². The summed E-state index contributed by atoms with van der Waals surface area (Å²) in [6, 6.07) is 16.4. The first-order valence-electron chi connectivity index (χ1n) is 12.5. The molecule has 186 valence electrons. The number of aliphatic carboxylic acids is 1. The van der Waals surface area contributed by atoms with Gasteiger partial charge in [-0.3, -0.25) is 9.59 Å². The van der Waals surface area contributed by atoms with Crippen molar-refractivity contribution in [2.45, 2.75) is 44.9 Å². The molecule has 1 heterocycles. The molecule has 7 heteroatoms. The van der Waals surface area contributed by atoms with Crippen LogP contribution in [0.3, 0.4) is 0 Å². The number of carboxylic acids is 1. The van der Waals surface area contributed by atoms with Crippen LogP contribution in [0.15, 0.2) is 48.5 Å². The Morgan fingerprint density at radius 3 is 2.23 bits per heavy atom. The number of rotatable bonds is 9. The molecule has 1 fully saturated rings. The molecule has 1 saturated heterocycles. The maximum atomic E-state index is 12.6. The number of alkyl carbamates (subject to hydrolysis) is 1. The molecule has 0 aromatic heterocycles. The quantitative estimate of drug-likeness (QED) is 0.547. The van der Waals surface area contributed by atoms with Gasteiger partial charge in [0.15, 0.2) is 0 Å². The first kappa shape index (κ1) is 24.8. The van der Waals surface area contributed by atoms with E-state index in [2.05, 4.69) is 29.6 Å². The summed E-state index contributed by atoms with van der Waals surface area (Å²) in [6.45, 7) is 3.94. The fraction of sp³-hybridized carbons (Fsp3) is 0.464. The van der Waals surface area contributed by atoms with Crippen LogP contribution >= 0.6 is 0 Å². The minimum atomic E-state index is -0.763. The van der Waals surface area contributed by atoms with Gasteiger partial charge in [0.25, 0.3) is 0 Å². The number of nitrogens with zero attached hydrogens (tertiary/aromatic N) is 1. The Bertz CT molecular complexity index is 1020. The highest BCUT2D eigenvalue weighted by atomic mass is 16.5. The van der Waals surface area contributed by atoms with Crippen LogP contribution in [0.1, 0.15) is 56.1 Å². The minimum Gasteiger partial charge on any atom is -0.481 e. The van der Waals surface area contributed by atoms with Gasteiger partial charge in [-0.15, -0.1) is 0 Å². The molecule has 2 amide bonds. The highest BCUT2D eigenvalue weighted by molar-refractivity contribution is 5.79. The van der Waals surface area contributed by atoms with Crippen LogP contribution < -0.4 is 5.32 Å². The molecule has 1 aliphatic carbocycles. The van der Waals surface area contributed by atoms with E-state index in [9.17, 15) is 14.4 Å². The summed E-state index contributed by atoms with van der Waals surface area (Å²) in [7, 11) is 0. The smallest absolute Gasteiger partial charge is 0.407 e. The van der Waals surface area contributed by atoms with E-state index in [-0.39, 0.29) is 30.8 Å². The zero-order chi connectivity index (χ0) is 24.8. The van der Waals surface area contributed by atoms with Crippen molar-refractivity contribution in [2.24, 2.45) is 11.8 Å². The molecular formula is C28H34N2O5. The topological polar surface area (TPSA) is 95.9 Å². The Kier molecular flexibility index (Phi) is 8.06. The normalized spacial score (nSPS) is 16.3. The van der Waals surface area contributed by atoms with Gasteiger partial charge in [0, 0.05) is 38.4 Å². The van der Waals surface area contributed by atoms with Crippen molar-refractivity contribution in [2.75, 3.05) is 26.2 Å². The second-order valence-electron chi connectivity index (χ2n) is 9.77. The number of carbonyl (C=O) groups excluding carboxylic acids is 2. The van der Waals surface area contributed by atoms with E-state index < -0.39 is 12.1 Å². The summed E-state index contributed by atoms with van der Waals surface area (Å²) < 4.78 is 5.58. The monoisotopic (exact) mass is 478 g/mol. The maximum absolute atomic E-state index is 12.6. The minimum absolute atomic E-state index is 0.00674. The Labute approximate surface area is 206 Å². The molecule has 0 radical (unpaired) electrons. The molecule has 0 saturated carbocycles. The Hall–Kier alpha value is -3.35. The van der Waals surface area contributed by atoms with Gasteiger partial charge < -0.3 is 20.1 Å². The number of hydrogen-bond donors (Lipinski definition) is 2. The molecule has 1 unspecified atom stereocenters. The molecule has 35 heavy (non-hydrogen) atoms. The predicted octanol–water partition coefficient (Wildman–Crippen LogP) is 4.65. The highest BCUT2D eigenvalue weighted by Gasteiger charge is 2.29. The third kappa shape index (κ3) is 6.21. The largest absolute Gasteiger partial charge is 0.481 e. The number of amides is 2. The second kappa shape index (κ2) is 11.4. The molecule has 7 nitrogen and oxygen atoms in total. The lowest BCUT2D eigenvalue weighted by atomic mass is 9.92. The number of carbonyl (C=O) groups is 3. The number of benzene rings is 2. The van der Waals surface area contributed by atoms with Crippen molar-refractivity contribution in [1.82, 2.24) is 10.2 Å². The average Bonchev–Trinajstić information content (AvgIpc) is 3.19. The summed E-state index contributed by atoms with van der Waals surface area (Å²) in [6.07, 6.45) is 2.47. The average molecular weight is 479 g/mol. The van der Waals surface area contributed by atoms with Crippen molar-refractivity contribution in [3.63, 3.8) is 0 Å². The highest BCUT2D eigenvalue weighted by Crippen LogP contribution is 2.44. The second-order valence-corrected chi connectivity index (χ2v) is 9.77. The van der Waals surface area contributed by atoms with Crippen molar-refractivity contribution in [3.05, 3.63) is 59.7 Å². The SMILES string of the molecule is CC(CNC(=O)OCC1c2ccccc2-c2ccccc21)CC(=O)N1CCC(CCC(=O)O)CC1. The summed E-state index contributed by atoms with van der Waals surface area (Å²) >= 11 is 0.